The van der Waals surface area contributed by atoms with Crippen molar-refractivity contribution in [2.24, 2.45) is 7.05 Å². The van der Waals surface area contributed by atoms with Crippen molar-refractivity contribution in [1.82, 2.24) is 0 Å². The van der Waals surface area contributed by atoms with Gasteiger partial charge in [-0.1, -0.05) is 6.07 Å². The summed E-state index contributed by atoms with van der Waals surface area (Å²) in [5, 5.41) is 1.95. The minimum atomic E-state index is -0.232. The number of aryl methyl sites for hydroxylation is 1. The molecule has 2 aromatic rings. The molecule has 0 saturated heterocycles. The number of pyridine rings is 1. The van der Waals surface area contributed by atoms with E-state index in [1.165, 1.54) is 0 Å². The van der Waals surface area contributed by atoms with Crippen molar-refractivity contribution in [3.8, 4) is 5.88 Å². The molecule has 0 spiro atoms. The molecule has 0 aliphatic rings. The topological polar surface area (TPSA) is 30.2 Å². The zero-order valence-electron chi connectivity index (χ0n) is 9.30. The van der Waals surface area contributed by atoms with Gasteiger partial charge in [-0.15, -0.1) is 11.3 Å². The summed E-state index contributed by atoms with van der Waals surface area (Å²) < 4.78 is 7.02. The Morgan fingerprint density at radius 1 is 1.35 bits per heavy atom. The van der Waals surface area contributed by atoms with Gasteiger partial charge >= 0.3 is 11.8 Å². The summed E-state index contributed by atoms with van der Waals surface area (Å²) in [6, 6.07) is 9.35. The lowest BCUT2D eigenvalue weighted by Gasteiger charge is -2.00. The molecule has 0 N–H and O–H groups in total. The Kier molecular flexibility index (Phi) is 5.57. The number of aromatic nitrogens is 1. The first-order chi connectivity index (χ1) is 7.75. The number of rotatable bonds is 3. The lowest BCUT2D eigenvalue weighted by molar-refractivity contribution is -0.675. The molecule has 17 heavy (non-hydrogen) atoms. The highest BCUT2D eigenvalue weighted by molar-refractivity contribution is 7.10. The van der Waals surface area contributed by atoms with E-state index >= 15 is 0 Å². The second kappa shape index (κ2) is 6.70. The molecule has 0 unspecified atom stereocenters. The normalized spacial score (nSPS) is 9.47. The molecule has 0 aromatic carbocycles. The van der Waals surface area contributed by atoms with Crippen LogP contribution in [0, 0.1) is 0 Å². The second-order valence-corrected chi connectivity index (χ2v) is 4.41. The minimum Gasteiger partial charge on any atom is -1.00 e. The number of nitrogens with zero attached hydrogens (tertiary/aromatic N) is 1. The third-order valence-electron chi connectivity index (χ3n) is 2.12. The van der Waals surface area contributed by atoms with Crippen LogP contribution in [0.15, 0.2) is 41.9 Å². The first-order valence-corrected chi connectivity index (χ1v) is 5.81. The number of ether oxygens (including phenoxy) is 1. The molecule has 0 radical (unpaired) electrons. The molecule has 90 valence electrons. The summed E-state index contributed by atoms with van der Waals surface area (Å²) in [5.74, 6) is 0.327. The molecule has 3 nitrogen and oxygen atoms in total. The van der Waals surface area contributed by atoms with Gasteiger partial charge in [0, 0.05) is 10.9 Å². The first-order valence-electron chi connectivity index (χ1n) is 4.93. The maximum atomic E-state index is 11.6. The Morgan fingerprint density at radius 2 is 2.18 bits per heavy atom. The fourth-order valence-electron chi connectivity index (χ4n) is 1.32. The van der Waals surface area contributed by atoms with E-state index in [1.54, 1.807) is 22.0 Å². The number of carbonyl (C=O) groups is 1. The Bertz CT molecular complexity index is 485. The predicted molar refractivity (Wildman–Crippen MR) is 61.3 cm³/mol. The summed E-state index contributed by atoms with van der Waals surface area (Å²) in [5.41, 5.74) is 0. The molecule has 0 fully saturated rings. The fourth-order valence-corrected chi connectivity index (χ4v) is 2.01. The van der Waals surface area contributed by atoms with Gasteiger partial charge in [0.05, 0.1) is 12.5 Å². The highest BCUT2D eigenvalue weighted by Crippen LogP contribution is 2.10. The van der Waals surface area contributed by atoms with Crippen LogP contribution in [0.2, 0.25) is 0 Å². The summed E-state index contributed by atoms with van der Waals surface area (Å²) in [6.45, 7) is 0. The molecule has 2 heterocycles. The number of thiophene rings is 1. The maximum Gasteiger partial charge on any atom is 0.375 e. The molecule has 0 saturated carbocycles. The Balaban J connectivity index is 0.00000144. The van der Waals surface area contributed by atoms with Crippen molar-refractivity contribution in [2.75, 3.05) is 0 Å². The lowest BCUT2D eigenvalue weighted by Crippen LogP contribution is -3.00. The number of hydrogen-bond donors (Lipinski definition) is 0. The van der Waals surface area contributed by atoms with Gasteiger partial charge in [0.15, 0.2) is 6.20 Å². The van der Waals surface area contributed by atoms with E-state index in [0.717, 1.165) is 4.88 Å². The quantitative estimate of drug-likeness (QED) is 0.388. The zero-order chi connectivity index (χ0) is 11.4. The lowest BCUT2D eigenvalue weighted by atomic mass is 10.3. The van der Waals surface area contributed by atoms with Crippen LogP contribution in [-0.2, 0) is 18.3 Å². The van der Waals surface area contributed by atoms with Crippen LogP contribution < -0.4 is 33.3 Å². The van der Waals surface area contributed by atoms with E-state index in [0.29, 0.717) is 12.3 Å². The molecule has 2 rings (SSSR count). The molecular formula is C12H12INO2S. The molecular weight excluding hydrogens is 349 g/mol. The maximum absolute atomic E-state index is 11.6. The van der Waals surface area contributed by atoms with E-state index in [9.17, 15) is 4.79 Å². The molecule has 0 aliphatic carbocycles. The van der Waals surface area contributed by atoms with Gasteiger partial charge in [-0.05, 0) is 17.5 Å². The van der Waals surface area contributed by atoms with Crippen molar-refractivity contribution in [3.63, 3.8) is 0 Å². The fraction of sp³-hybridized carbons (Fsp3) is 0.167. The van der Waals surface area contributed by atoms with E-state index in [1.807, 2.05) is 42.9 Å². The molecule has 5 heteroatoms. The van der Waals surface area contributed by atoms with Crippen molar-refractivity contribution >= 4 is 17.3 Å². The minimum absolute atomic E-state index is 0. The van der Waals surface area contributed by atoms with Crippen molar-refractivity contribution < 1.29 is 38.1 Å². The van der Waals surface area contributed by atoms with Gasteiger partial charge in [0.25, 0.3) is 0 Å². The molecule has 0 bridgehead atoms. The van der Waals surface area contributed by atoms with E-state index in [-0.39, 0.29) is 29.9 Å². The Morgan fingerprint density at radius 3 is 2.82 bits per heavy atom. The Hall–Kier alpha value is -0.950. The van der Waals surface area contributed by atoms with Crippen LogP contribution >= 0.6 is 11.3 Å². The van der Waals surface area contributed by atoms with Crippen molar-refractivity contribution in [1.29, 1.82) is 0 Å². The van der Waals surface area contributed by atoms with Crippen LogP contribution in [-0.4, -0.2) is 5.97 Å². The summed E-state index contributed by atoms with van der Waals surface area (Å²) in [4.78, 5) is 12.6. The van der Waals surface area contributed by atoms with E-state index < -0.39 is 0 Å². The predicted octanol–water partition coefficient (Wildman–Crippen LogP) is -1.28. The largest absolute Gasteiger partial charge is 1.00 e. The van der Waals surface area contributed by atoms with Crippen LogP contribution in [0.25, 0.3) is 0 Å². The highest BCUT2D eigenvalue weighted by Gasteiger charge is 2.12. The van der Waals surface area contributed by atoms with Gasteiger partial charge in [-0.2, -0.15) is 4.57 Å². The summed E-state index contributed by atoms with van der Waals surface area (Å²) in [7, 11) is 1.84. The smallest absolute Gasteiger partial charge is 0.375 e. The third kappa shape index (κ3) is 4.08. The average molecular weight is 361 g/mol. The van der Waals surface area contributed by atoms with E-state index in [4.69, 9.17) is 4.74 Å². The van der Waals surface area contributed by atoms with Gasteiger partial charge in [-0.25, -0.2) is 0 Å². The van der Waals surface area contributed by atoms with E-state index in [2.05, 4.69) is 0 Å². The van der Waals surface area contributed by atoms with Crippen LogP contribution in [0.3, 0.4) is 0 Å². The van der Waals surface area contributed by atoms with Crippen molar-refractivity contribution in [3.05, 3.63) is 46.8 Å². The van der Waals surface area contributed by atoms with Crippen LogP contribution in [0.4, 0.5) is 0 Å². The number of esters is 1. The number of carbonyl (C=O) groups excluding carboxylic acids is 1. The van der Waals surface area contributed by atoms with Crippen LogP contribution in [0.1, 0.15) is 4.88 Å². The summed E-state index contributed by atoms with van der Waals surface area (Å²) in [6.07, 6.45) is 2.17. The highest BCUT2D eigenvalue weighted by atomic mass is 127. The average Bonchev–Trinajstić information content (AvgIpc) is 2.74. The SMILES string of the molecule is C[n+]1ccccc1OC(=O)Cc1cccs1.[I-]. The molecule has 0 aliphatic heterocycles. The molecule has 2 aromatic heterocycles. The second-order valence-electron chi connectivity index (χ2n) is 3.38. The zero-order valence-corrected chi connectivity index (χ0v) is 12.3. The monoisotopic (exact) mass is 361 g/mol. The van der Waals surface area contributed by atoms with Crippen molar-refractivity contribution in [2.45, 2.75) is 6.42 Å². The Labute approximate surface area is 121 Å². The number of halogens is 1. The van der Waals surface area contributed by atoms with Gasteiger partial charge in [-0.3, -0.25) is 4.79 Å². The van der Waals surface area contributed by atoms with Gasteiger partial charge in [0.2, 0.25) is 0 Å². The van der Waals surface area contributed by atoms with Crippen LogP contribution in [0.5, 0.6) is 5.88 Å². The first kappa shape index (κ1) is 14.1. The number of hydrogen-bond acceptors (Lipinski definition) is 3. The third-order valence-corrected chi connectivity index (χ3v) is 3.00. The molecule has 0 atom stereocenters. The van der Waals surface area contributed by atoms with Gasteiger partial charge in [0.1, 0.15) is 7.05 Å². The van der Waals surface area contributed by atoms with Gasteiger partial charge < -0.3 is 28.7 Å². The summed E-state index contributed by atoms with van der Waals surface area (Å²) >= 11 is 1.56. The molecule has 0 amide bonds. The standard InChI is InChI=1S/C12H12NO2S.HI/c1-13-7-3-2-6-11(13)15-12(14)9-10-5-4-8-16-10;/h2-8H,9H2,1H3;1H/q+1;/p-1.